The Kier molecular flexibility index (Phi) is 5.41. The van der Waals surface area contributed by atoms with Gasteiger partial charge >= 0.3 is 0 Å². The standard InChI is InChI=1S/C19H16Cl2N2O2/c1-12(13-4-6-14(20)7-5-13)23-18(24)11-25-17-9-8-16(21)15-3-2-10-22-19(15)17/h2-10,12H,11H2,1H3,(H,23,24). The third-order valence-corrected chi connectivity index (χ3v) is 4.37. The van der Waals surface area contributed by atoms with Crippen molar-refractivity contribution in [3.63, 3.8) is 0 Å². The molecule has 0 aliphatic carbocycles. The Labute approximate surface area is 155 Å². The third kappa shape index (κ3) is 4.21. The fourth-order valence-electron chi connectivity index (χ4n) is 2.49. The van der Waals surface area contributed by atoms with Crippen LogP contribution in [-0.4, -0.2) is 17.5 Å². The van der Waals surface area contributed by atoms with Crippen LogP contribution in [0.15, 0.2) is 54.7 Å². The van der Waals surface area contributed by atoms with E-state index in [4.69, 9.17) is 27.9 Å². The Morgan fingerprint density at radius 3 is 2.68 bits per heavy atom. The predicted molar refractivity (Wildman–Crippen MR) is 100 cm³/mol. The molecule has 1 amide bonds. The number of rotatable bonds is 5. The molecular formula is C19H16Cl2N2O2. The topological polar surface area (TPSA) is 51.2 Å². The maximum absolute atomic E-state index is 12.2. The molecular weight excluding hydrogens is 359 g/mol. The average Bonchev–Trinajstić information content (AvgIpc) is 2.62. The Morgan fingerprint density at radius 1 is 1.16 bits per heavy atom. The first-order valence-electron chi connectivity index (χ1n) is 7.75. The Bertz CT molecular complexity index is 898. The Balaban J connectivity index is 1.65. The van der Waals surface area contributed by atoms with Crippen LogP contribution in [-0.2, 0) is 4.79 Å². The number of amides is 1. The van der Waals surface area contributed by atoms with Gasteiger partial charge in [-0.05, 0) is 48.9 Å². The molecule has 0 saturated heterocycles. The van der Waals surface area contributed by atoms with Gasteiger partial charge in [0.1, 0.15) is 11.3 Å². The first-order chi connectivity index (χ1) is 12.0. The van der Waals surface area contributed by atoms with E-state index in [9.17, 15) is 4.79 Å². The molecule has 0 bridgehead atoms. The van der Waals surface area contributed by atoms with Crippen LogP contribution in [0.2, 0.25) is 10.0 Å². The molecule has 128 valence electrons. The summed E-state index contributed by atoms with van der Waals surface area (Å²) < 4.78 is 5.64. The van der Waals surface area contributed by atoms with E-state index in [0.717, 1.165) is 10.9 Å². The first-order valence-corrected chi connectivity index (χ1v) is 8.51. The van der Waals surface area contributed by atoms with Crippen LogP contribution < -0.4 is 10.1 Å². The molecule has 4 nitrogen and oxygen atoms in total. The summed E-state index contributed by atoms with van der Waals surface area (Å²) in [4.78, 5) is 16.4. The summed E-state index contributed by atoms with van der Waals surface area (Å²) in [5.41, 5.74) is 1.60. The van der Waals surface area contributed by atoms with Gasteiger partial charge in [-0.15, -0.1) is 0 Å². The van der Waals surface area contributed by atoms with Crippen molar-refractivity contribution in [1.82, 2.24) is 10.3 Å². The van der Waals surface area contributed by atoms with Crippen LogP contribution in [0.1, 0.15) is 18.5 Å². The van der Waals surface area contributed by atoms with Crippen molar-refractivity contribution in [1.29, 1.82) is 0 Å². The fraction of sp³-hybridized carbons (Fsp3) is 0.158. The second kappa shape index (κ2) is 7.72. The van der Waals surface area contributed by atoms with Crippen LogP contribution in [0.25, 0.3) is 10.9 Å². The van der Waals surface area contributed by atoms with E-state index >= 15 is 0 Å². The van der Waals surface area contributed by atoms with E-state index in [2.05, 4.69) is 10.3 Å². The smallest absolute Gasteiger partial charge is 0.258 e. The highest BCUT2D eigenvalue weighted by molar-refractivity contribution is 6.35. The monoisotopic (exact) mass is 374 g/mol. The zero-order chi connectivity index (χ0) is 17.8. The lowest BCUT2D eigenvalue weighted by atomic mass is 10.1. The van der Waals surface area contributed by atoms with Crippen molar-refractivity contribution in [3.05, 3.63) is 70.3 Å². The molecule has 1 heterocycles. The Hall–Kier alpha value is -2.30. The highest BCUT2D eigenvalue weighted by Gasteiger charge is 2.12. The number of nitrogens with one attached hydrogen (secondary N) is 1. The number of halogens is 2. The summed E-state index contributed by atoms with van der Waals surface area (Å²) in [6.45, 7) is 1.80. The molecule has 3 rings (SSSR count). The molecule has 1 atom stereocenters. The number of aromatic nitrogens is 1. The van der Waals surface area contributed by atoms with Crippen molar-refractivity contribution >= 4 is 40.0 Å². The number of hydrogen-bond donors (Lipinski definition) is 1. The highest BCUT2D eigenvalue weighted by atomic mass is 35.5. The van der Waals surface area contributed by atoms with E-state index < -0.39 is 0 Å². The van der Waals surface area contributed by atoms with E-state index in [0.29, 0.717) is 21.3 Å². The lowest BCUT2D eigenvalue weighted by Gasteiger charge is -2.15. The second-order valence-corrected chi connectivity index (χ2v) is 6.42. The van der Waals surface area contributed by atoms with Crippen molar-refractivity contribution in [2.75, 3.05) is 6.61 Å². The van der Waals surface area contributed by atoms with E-state index in [1.54, 1.807) is 36.5 Å². The van der Waals surface area contributed by atoms with Crippen LogP contribution in [0.4, 0.5) is 0 Å². The van der Waals surface area contributed by atoms with Gasteiger partial charge in [-0.1, -0.05) is 35.3 Å². The molecule has 1 aromatic heterocycles. The van der Waals surface area contributed by atoms with Gasteiger partial charge in [0, 0.05) is 16.6 Å². The summed E-state index contributed by atoms with van der Waals surface area (Å²) in [5.74, 6) is 0.302. The normalized spacial score (nSPS) is 12.0. The zero-order valence-corrected chi connectivity index (χ0v) is 15.0. The number of fused-ring (bicyclic) bond motifs is 1. The lowest BCUT2D eigenvalue weighted by molar-refractivity contribution is -0.123. The van der Waals surface area contributed by atoms with E-state index in [-0.39, 0.29) is 18.6 Å². The maximum Gasteiger partial charge on any atom is 0.258 e. The fourth-order valence-corrected chi connectivity index (χ4v) is 2.83. The number of nitrogens with zero attached hydrogens (tertiary/aromatic N) is 1. The summed E-state index contributed by atoms with van der Waals surface area (Å²) >= 11 is 12.0. The summed E-state index contributed by atoms with van der Waals surface area (Å²) in [5, 5.41) is 4.93. The summed E-state index contributed by atoms with van der Waals surface area (Å²) in [7, 11) is 0. The van der Waals surface area contributed by atoms with Crippen molar-refractivity contribution in [2.24, 2.45) is 0 Å². The van der Waals surface area contributed by atoms with Crippen molar-refractivity contribution in [2.45, 2.75) is 13.0 Å². The van der Waals surface area contributed by atoms with E-state index in [1.165, 1.54) is 0 Å². The number of pyridine rings is 1. The van der Waals surface area contributed by atoms with Crippen LogP contribution in [0, 0.1) is 0 Å². The highest BCUT2D eigenvalue weighted by Crippen LogP contribution is 2.29. The van der Waals surface area contributed by atoms with Gasteiger partial charge in [0.25, 0.3) is 5.91 Å². The molecule has 0 saturated carbocycles. The molecule has 0 aliphatic heterocycles. The molecule has 1 N–H and O–H groups in total. The van der Waals surface area contributed by atoms with Gasteiger partial charge in [0.15, 0.2) is 6.61 Å². The van der Waals surface area contributed by atoms with Gasteiger partial charge in [-0.25, -0.2) is 0 Å². The van der Waals surface area contributed by atoms with Gasteiger partial charge in [-0.2, -0.15) is 0 Å². The predicted octanol–water partition coefficient (Wildman–Crippen LogP) is 4.80. The van der Waals surface area contributed by atoms with Crippen LogP contribution in [0.3, 0.4) is 0 Å². The van der Waals surface area contributed by atoms with Crippen LogP contribution >= 0.6 is 23.2 Å². The van der Waals surface area contributed by atoms with Gasteiger partial charge in [0.2, 0.25) is 0 Å². The maximum atomic E-state index is 12.2. The summed E-state index contributed by atoms with van der Waals surface area (Å²) in [6, 6.07) is 14.3. The number of hydrogen-bond acceptors (Lipinski definition) is 3. The number of ether oxygens (including phenoxy) is 1. The van der Waals surface area contributed by atoms with Gasteiger partial charge in [-0.3, -0.25) is 9.78 Å². The number of benzene rings is 2. The van der Waals surface area contributed by atoms with Crippen molar-refractivity contribution in [3.8, 4) is 5.75 Å². The zero-order valence-electron chi connectivity index (χ0n) is 13.5. The summed E-state index contributed by atoms with van der Waals surface area (Å²) in [6.07, 6.45) is 1.66. The minimum Gasteiger partial charge on any atom is -0.481 e. The molecule has 1 unspecified atom stereocenters. The van der Waals surface area contributed by atoms with Crippen molar-refractivity contribution < 1.29 is 9.53 Å². The molecule has 25 heavy (non-hydrogen) atoms. The molecule has 2 aromatic carbocycles. The quantitative estimate of drug-likeness (QED) is 0.697. The third-order valence-electron chi connectivity index (χ3n) is 3.79. The van der Waals surface area contributed by atoms with Gasteiger partial charge in [0.05, 0.1) is 11.1 Å². The van der Waals surface area contributed by atoms with Crippen LogP contribution in [0.5, 0.6) is 5.75 Å². The SMILES string of the molecule is CC(NC(=O)COc1ccc(Cl)c2cccnc12)c1ccc(Cl)cc1. The Morgan fingerprint density at radius 2 is 1.92 bits per heavy atom. The molecule has 6 heteroatoms. The molecule has 0 fully saturated rings. The number of carbonyl (C=O) groups is 1. The number of carbonyl (C=O) groups excluding carboxylic acids is 1. The first kappa shape index (κ1) is 17.5. The van der Waals surface area contributed by atoms with E-state index in [1.807, 2.05) is 25.1 Å². The van der Waals surface area contributed by atoms with Gasteiger partial charge < -0.3 is 10.1 Å². The molecule has 0 radical (unpaired) electrons. The molecule has 0 spiro atoms. The minimum absolute atomic E-state index is 0.106. The second-order valence-electron chi connectivity index (χ2n) is 5.57. The average molecular weight is 375 g/mol. The minimum atomic E-state index is -0.221. The largest absolute Gasteiger partial charge is 0.481 e. The molecule has 3 aromatic rings. The lowest BCUT2D eigenvalue weighted by Crippen LogP contribution is -2.31. The molecule has 0 aliphatic rings.